The molecule has 100 valence electrons. The van der Waals surface area contributed by atoms with Gasteiger partial charge in [-0.1, -0.05) is 6.92 Å². The van der Waals surface area contributed by atoms with Gasteiger partial charge in [-0.05, 0) is 42.5 Å². The second kappa shape index (κ2) is 5.83. The quantitative estimate of drug-likeness (QED) is 0.820. The predicted octanol–water partition coefficient (Wildman–Crippen LogP) is 2.85. The molecule has 0 N–H and O–H groups in total. The van der Waals surface area contributed by atoms with E-state index in [1.165, 1.54) is 18.2 Å². The van der Waals surface area contributed by atoms with Gasteiger partial charge in [0.15, 0.2) is 0 Å². The molecule has 1 heterocycles. The third kappa shape index (κ3) is 3.31. The number of nitrogens with zero attached hydrogens (tertiary/aromatic N) is 2. The van der Waals surface area contributed by atoms with Crippen LogP contribution in [0.4, 0.5) is 4.39 Å². The summed E-state index contributed by atoms with van der Waals surface area (Å²) in [5.41, 5.74) is 1.02. The third-order valence-electron chi connectivity index (χ3n) is 3.64. The maximum atomic E-state index is 13.3. The van der Waals surface area contributed by atoms with Crippen LogP contribution >= 0.6 is 0 Å². The van der Waals surface area contributed by atoms with Gasteiger partial charge < -0.3 is 4.90 Å². The van der Waals surface area contributed by atoms with Gasteiger partial charge in [-0.15, -0.1) is 0 Å². The SMILES string of the molecule is CC1CCC(=O)N(Cc2cc(F)ccc2C#N)CC1. The number of benzene rings is 1. The number of carbonyl (C=O) groups excluding carboxylic acids is 1. The zero-order valence-corrected chi connectivity index (χ0v) is 11.0. The molecular weight excluding hydrogens is 243 g/mol. The van der Waals surface area contributed by atoms with Crippen LogP contribution in [0.3, 0.4) is 0 Å². The van der Waals surface area contributed by atoms with Gasteiger partial charge in [0.05, 0.1) is 11.6 Å². The smallest absolute Gasteiger partial charge is 0.222 e. The van der Waals surface area contributed by atoms with Crippen LogP contribution < -0.4 is 0 Å². The van der Waals surface area contributed by atoms with Crippen LogP contribution in [-0.2, 0) is 11.3 Å². The minimum atomic E-state index is -0.371. The Morgan fingerprint density at radius 2 is 2.26 bits per heavy atom. The molecule has 0 aliphatic carbocycles. The van der Waals surface area contributed by atoms with Gasteiger partial charge in [0.2, 0.25) is 5.91 Å². The molecule has 3 nitrogen and oxygen atoms in total. The Labute approximate surface area is 112 Å². The zero-order valence-electron chi connectivity index (χ0n) is 11.0. The average molecular weight is 260 g/mol. The van der Waals surface area contributed by atoms with Crippen LogP contribution in [0.25, 0.3) is 0 Å². The molecule has 0 saturated carbocycles. The summed E-state index contributed by atoms with van der Waals surface area (Å²) in [6.45, 7) is 3.15. The first-order valence-corrected chi connectivity index (χ1v) is 6.56. The Hall–Kier alpha value is -1.89. The van der Waals surface area contributed by atoms with Crippen molar-refractivity contribution in [2.45, 2.75) is 32.7 Å². The van der Waals surface area contributed by atoms with E-state index in [4.69, 9.17) is 5.26 Å². The van der Waals surface area contributed by atoms with E-state index in [-0.39, 0.29) is 11.7 Å². The first-order valence-electron chi connectivity index (χ1n) is 6.56. The lowest BCUT2D eigenvalue weighted by atomic mass is 10.0. The van der Waals surface area contributed by atoms with Crippen molar-refractivity contribution < 1.29 is 9.18 Å². The molecule has 1 aliphatic heterocycles. The predicted molar refractivity (Wildman–Crippen MR) is 69.5 cm³/mol. The van der Waals surface area contributed by atoms with Gasteiger partial charge in [-0.3, -0.25) is 4.79 Å². The summed E-state index contributed by atoms with van der Waals surface area (Å²) in [4.78, 5) is 13.7. The lowest BCUT2D eigenvalue weighted by Crippen LogP contribution is -2.30. The molecule has 1 aromatic carbocycles. The summed E-state index contributed by atoms with van der Waals surface area (Å²) in [5, 5.41) is 9.03. The zero-order chi connectivity index (χ0) is 13.8. The molecule has 2 rings (SSSR count). The average Bonchev–Trinajstić information content (AvgIpc) is 2.54. The maximum absolute atomic E-state index is 13.3. The van der Waals surface area contributed by atoms with Crippen molar-refractivity contribution >= 4 is 5.91 Å². The molecule has 0 bridgehead atoms. The van der Waals surface area contributed by atoms with E-state index in [9.17, 15) is 9.18 Å². The van der Waals surface area contributed by atoms with Crippen molar-refractivity contribution in [2.75, 3.05) is 6.54 Å². The Morgan fingerprint density at radius 1 is 1.47 bits per heavy atom. The highest BCUT2D eigenvalue weighted by molar-refractivity contribution is 5.76. The van der Waals surface area contributed by atoms with Crippen LogP contribution in [-0.4, -0.2) is 17.4 Å². The van der Waals surface area contributed by atoms with Gasteiger partial charge >= 0.3 is 0 Å². The molecule has 19 heavy (non-hydrogen) atoms. The minimum Gasteiger partial charge on any atom is -0.338 e. The lowest BCUT2D eigenvalue weighted by molar-refractivity contribution is -0.131. The van der Waals surface area contributed by atoms with Crippen molar-refractivity contribution in [3.63, 3.8) is 0 Å². The number of amides is 1. The molecule has 0 aromatic heterocycles. The monoisotopic (exact) mass is 260 g/mol. The summed E-state index contributed by atoms with van der Waals surface area (Å²) < 4.78 is 13.3. The van der Waals surface area contributed by atoms with Crippen molar-refractivity contribution in [3.05, 3.63) is 35.1 Å². The van der Waals surface area contributed by atoms with E-state index >= 15 is 0 Å². The number of hydrogen-bond donors (Lipinski definition) is 0. The standard InChI is InChI=1S/C15H17FN2O/c1-11-2-5-15(19)18(7-6-11)10-13-8-14(16)4-3-12(13)9-17/h3-4,8,11H,2,5-7,10H2,1H3. The summed E-state index contributed by atoms with van der Waals surface area (Å²) in [7, 11) is 0. The molecule has 1 atom stereocenters. The van der Waals surface area contributed by atoms with Crippen molar-refractivity contribution in [1.82, 2.24) is 4.90 Å². The fourth-order valence-corrected chi connectivity index (χ4v) is 2.35. The highest BCUT2D eigenvalue weighted by atomic mass is 19.1. The number of likely N-dealkylation sites (tertiary alicyclic amines) is 1. The molecular formula is C15H17FN2O. The van der Waals surface area contributed by atoms with Crippen LogP contribution in [0.15, 0.2) is 18.2 Å². The van der Waals surface area contributed by atoms with E-state index in [1.807, 2.05) is 6.07 Å². The fourth-order valence-electron chi connectivity index (χ4n) is 2.35. The Balaban J connectivity index is 2.18. The van der Waals surface area contributed by atoms with Crippen LogP contribution in [0, 0.1) is 23.1 Å². The Kier molecular flexibility index (Phi) is 4.16. The third-order valence-corrected chi connectivity index (χ3v) is 3.64. The molecule has 1 amide bonds. The van der Waals surface area contributed by atoms with Crippen LogP contribution in [0.1, 0.15) is 37.3 Å². The van der Waals surface area contributed by atoms with Crippen molar-refractivity contribution in [3.8, 4) is 6.07 Å². The topological polar surface area (TPSA) is 44.1 Å². The van der Waals surface area contributed by atoms with E-state index in [1.54, 1.807) is 4.90 Å². The van der Waals surface area contributed by atoms with E-state index < -0.39 is 0 Å². The van der Waals surface area contributed by atoms with Gasteiger partial charge in [0.1, 0.15) is 5.82 Å². The second-order valence-corrected chi connectivity index (χ2v) is 5.16. The van der Waals surface area contributed by atoms with Gasteiger partial charge in [0.25, 0.3) is 0 Å². The molecule has 0 spiro atoms. The van der Waals surface area contributed by atoms with E-state index in [0.29, 0.717) is 36.6 Å². The highest BCUT2D eigenvalue weighted by Crippen LogP contribution is 2.20. The first kappa shape index (κ1) is 13.5. The maximum Gasteiger partial charge on any atom is 0.222 e. The molecule has 1 saturated heterocycles. The normalized spacial score (nSPS) is 19.9. The lowest BCUT2D eigenvalue weighted by Gasteiger charge is -2.21. The minimum absolute atomic E-state index is 0.0949. The number of rotatable bonds is 2. The summed E-state index contributed by atoms with van der Waals surface area (Å²) in [6.07, 6.45) is 2.41. The molecule has 4 heteroatoms. The molecule has 1 unspecified atom stereocenters. The molecule has 1 aromatic rings. The van der Waals surface area contributed by atoms with Gasteiger partial charge in [0, 0.05) is 19.5 Å². The van der Waals surface area contributed by atoms with Crippen molar-refractivity contribution in [1.29, 1.82) is 5.26 Å². The largest absolute Gasteiger partial charge is 0.338 e. The fraction of sp³-hybridized carbons (Fsp3) is 0.467. The summed E-state index contributed by atoms with van der Waals surface area (Å²) in [5.74, 6) is 0.263. The van der Waals surface area contributed by atoms with E-state index in [0.717, 1.165) is 12.8 Å². The first-order chi connectivity index (χ1) is 9.10. The van der Waals surface area contributed by atoms with E-state index in [2.05, 4.69) is 6.92 Å². The van der Waals surface area contributed by atoms with Crippen LogP contribution in [0.5, 0.6) is 0 Å². The summed E-state index contributed by atoms with van der Waals surface area (Å²) >= 11 is 0. The number of nitriles is 1. The molecule has 1 fully saturated rings. The number of carbonyl (C=O) groups is 1. The van der Waals surface area contributed by atoms with Gasteiger partial charge in [-0.25, -0.2) is 4.39 Å². The second-order valence-electron chi connectivity index (χ2n) is 5.16. The molecule has 1 aliphatic rings. The number of halogens is 1. The summed E-state index contributed by atoms with van der Waals surface area (Å²) in [6, 6.07) is 6.13. The molecule has 0 radical (unpaired) electrons. The Morgan fingerprint density at radius 3 is 3.00 bits per heavy atom. The highest BCUT2D eigenvalue weighted by Gasteiger charge is 2.21. The van der Waals surface area contributed by atoms with Crippen LogP contribution in [0.2, 0.25) is 0 Å². The Bertz CT molecular complexity index is 521. The number of hydrogen-bond acceptors (Lipinski definition) is 2. The van der Waals surface area contributed by atoms with Crippen molar-refractivity contribution in [2.24, 2.45) is 5.92 Å². The van der Waals surface area contributed by atoms with Gasteiger partial charge in [-0.2, -0.15) is 5.26 Å².